The summed E-state index contributed by atoms with van der Waals surface area (Å²) in [7, 11) is 1.73. The number of hydrogen-bond acceptors (Lipinski definition) is 5. The van der Waals surface area contributed by atoms with E-state index in [-0.39, 0.29) is 42.5 Å². The van der Waals surface area contributed by atoms with Crippen LogP contribution >= 0.6 is 11.3 Å². The molecule has 2 heterocycles. The van der Waals surface area contributed by atoms with Gasteiger partial charge >= 0.3 is 0 Å². The quantitative estimate of drug-likeness (QED) is 0.588. The van der Waals surface area contributed by atoms with Gasteiger partial charge in [0.15, 0.2) is 0 Å². The van der Waals surface area contributed by atoms with E-state index in [0.717, 1.165) is 15.2 Å². The number of rotatable bonds is 5. The number of para-hydroxylation sites is 1. The van der Waals surface area contributed by atoms with E-state index >= 15 is 0 Å². The number of nitrogens with zero attached hydrogens (tertiary/aromatic N) is 3. The van der Waals surface area contributed by atoms with Crippen LogP contribution in [0.2, 0.25) is 0 Å². The van der Waals surface area contributed by atoms with Crippen LogP contribution in [-0.4, -0.2) is 46.1 Å². The van der Waals surface area contributed by atoms with E-state index in [4.69, 9.17) is 0 Å². The fourth-order valence-corrected chi connectivity index (χ4v) is 4.79. The van der Waals surface area contributed by atoms with Crippen molar-refractivity contribution in [1.29, 1.82) is 0 Å². The number of likely N-dealkylation sites (tertiary alicyclic amines) is 1. The molecule has 1 aromatic heterocycles. The number of allylic oxidation sites excluding steroid dienone is 2. The SMILES string of the molecule is CN(Cc1nc2ccccc2s1)C(=O)CCN1C(=O)[C@@H]2CC=CC[C@H]2C1=O. The van der Waals surface area contributed by atoms with Gasteiger partial charge in [0.25, 0.3) is 0 Å². The Morgan fingerprint density at radius 3 is 2.52 bits per heavy atom. The van der Waals surface area contributed by atoms with E-state index in [0.29, 0.717) is 19.4 Å². The highest BCUT2D eigenvalue weighted by Gasteiger charge is 2.46. The van der Waals surface area contributed by atoms with Gasteiger partial charge in [-0.3, -0.25) is 19.3 Å². The number of amides is 3. The van der Waals surface area contributed by atoms with Crippen LogP contribution in [-0.2, 0) is 20.9 Å². The summed E-state index contributed by atoms with van der Waals surface area (Å²) in [6.45, 7) is 0.586. The number of carbonyl (C=O) groups is 3. The van der Waals surface area contributed by atoms with Gasteiger partial charge in [0.05, 0.1) is 28.6 Å². The molecule has 6 nitrogen and oxygen atoms in total. The van der Waals surface area contributed by atoms with Crippen LogP contribution in [0.5, 0.6) is 0 Å². The van der Waals surface area contributed by atoms with E-state index in [1.165, 1.54) is 4.90 Å². The Morgan fingerprint density at radius 2 is 1.85 bits per heavy atom. The lowest BCUT2D eigenvalue weighted by atomic mass is 9.85. The third-order valence-corrected chi connectivity index (χ3v) is 6.31. The minimum absolute atomic E-state index is 0.0946. The highest BCUT2D eigenvalue weighted by atomic mass is 32.1. The van der Waals surface area contributed by atoms with Gasteiger partial charge in [-0.1, -0.05) is 24.3 Å². The maximum Gasteiger partial charge on any atom is 0.233 e. The van der Waals surface area contributed by atoms with Gasteiger partial charge in [-0.25, -0.2) is 4.98 Å². The zero-order chi connectivity index (χ0) is 19.0. The number of aromatic nitrogens is 1. The van der Waals surface area contributed by atoms with Crippen molar-refractivity contribution in [3.63, 3.8) is 0 Å². The number of fused-ring (bicyclic) bond motifs is 2. The highest BCUT2D eigenvalue weighted by Crippen LogP contribution is 2.35. The summed E-state index contributed by atoms with van der Waals surface area (Å²) in [6, 6.07) is 7.88. The lowest BCUT2D eigenvalue weighted by molar-refractivity contribution is -0.140. The zero-order valence-corrected chi connectivity index (χ0v) is 15.9. The first-order valence-corrected chi connectivity index (χ1v) is 9.95. The average molecular weight is 383 g/mol. The molecule has 140 valence electrons. The molecule has 2 aliphatic rings. The van der Waals surface area contributed by atoms with Crippen molar-refractivity contribution in [2.24, 2.45) is 11.8 Å². The van der Waals surface area contributed by atoms with Crippen molar-refractivity contribution in [2.75, 3.05) is 13.6 Å². The van der Waals surface area contributed by atoms with E-state index in [2.05, 4.69) is 4.98 Å². The third-order valence-electron chi connectivity index (χ3n) is 5.28. The number of imide groups is 1. The zero-order valence-electron chi connectivity index (χ0n) is 15.1. The molecule has 1 aliphatic carbocycles. The first-order chi connectivity index (χ1) is 13.0. The lowest BCUT2D eigenvalue weighted by Gasteiger charge is -2.18. The second kappa shape index (κ2) is 7.23. The van der Waals surface area contributed by atoms with Crippen molar-refractivity contribution < 1.29 is 14.4 Å². The third kappa shape index (κ3) is 3.39. The molecular weight excluding hydrogens is 362 g/mol. The minimum atomic E-state index is -0.238. The van der Waals surface area contributed by atoms with Crippen molar-refractivity contribution in [1.82, 2.24) is 14.8 Å². The van der Waals surface area contributed by atoms with Gasteiger partial charge in [-0.05, 0) is 25.0 Å². The fraction of sp³-hybridized carbons (Fsp3) is 0.400. The summed E-state index contributed by atoms with van der Waals surface area (Å²) in [5.74, 6) is -0.828. The summed E-state index contributed by atoms with van der Waals surface area (Å²) < 4.78 is 1.10. The molecule has 1 fully saturated rings. The minimum Gasteiger partial charge on any atom is -0.339 e. The molecule has 3 amide bonds. The summed E-state index contributed by atoms with van der Waals surface area (Å²) in [5.41, 5.74) is 0.933. The molecule has 0 unspecified atom stereocenters. The summed E-state index contributed by atoms with van der Waals surface area (Å²) in [5, 5.41) is 0.873. The number of hydrogen-bond donors (Lipinski definition) is 0. The Hall–Kier alpha value is -2.54. The van der Waals surface area contributed by atoms with Gasteiger partial charge < -0.3 is 4.90 Å². The van der Waals surface area contributed by atoms with Gasteiger partial charge in [0.2, 0.25) is 17.7 Å². The lowest BCUT2D eigenvalue weighted by Crippen LogP contribution is -2.36. The van der Waals surface area contributed by atoms with E-state index in [9.17, 15) is 14.4 Å². The predicted molar refractivity (Wildman–Crippen MR) is 103 cm³/mol. The van der Waals surface area contributed by atoms with Crippen molar-refractivity contribution >= 4 is 39.3 Å². The van der Waals surface area contributed by atoms with Crippen LogP contribution in [0.3, 0.4) is 0 Å². The van der Waals surface area contributed by atoms with Crippen LogP contribution in [0.25, 0.3) is 10.2 Å². The average Bonchev–Trinajstić information content (AvgIpc) is 3.19. The molecule has 2 aromatic rings. The number of carbonyl (C=O) groups excluding carboxylic acids is 3. The number of benzene rings is 1. The fourth-order valence-electron chi connectivity index (χ4n) is 3.77. The first kappa shape index (κ1) is 17.9. The maximum absolute atomic E-state index is 12.5. The van der Waals surface area contributed by atoms with Gasteiger partial charge in [0.1, 0.15) is 5.01 Å². The summed E-state index contributed by atoms with van der Waals surface area (Å²) >= 11 is 1.57. The van der Waals surface area contributed by atoms with E-state index in [1.807, 2.05) is 36.4 Å². The molecule has 1 saturated heterocycles. The van der Waals surface area contributed by atoms with Crippen LogP contribution in [0.1, 0.15) is 24.3 Å². The Labute approximate surface area is 161 Å². The smallest absolute Gasteiger partial charge is 0.233 e. The molecule has 2 atom stereocenters. The summed E-state index contributed by atoms with van der Waals surface area (Å²) in [4.78, 5) is 44.8. The molecule has 0 N–H and O–H groups in total. The molecule has 27 heavy (non-hydrogen) atoms. The second-order valence-corrected chi connectivity index (χ2v) is 8.17. The van der Waals surface area contributed by atoms with Crippen molar-refractivity contribution in [2.45, 2.75) is 25.8 Å². The standard InChI is InChI=1S/C20H21N3O3S/c1-22(12-17-21-15-8-4-5-9-16(15)27-17)18(24)10-11-23-19(25)13-6-2-3-7-14(13)20(23)26/h2-5,8-9,13-14H,6-7,10-12H2,1H3/t13-,14-/m1/s1. The van der Waals surface area contributed by atoms with Crippen LogP contribution < -0.4 is 0 Å². The van der Waals surface area contributed by atoms with E-state index in [1.54, 1.807) is 23.3 Å². The largest absolute Gasteiger partial charge is 0.339 e. The van der Waals surface area contributed by atoms with Gasteiger partial charge in [-0.2, -0.15) is 0 Å². The Kier molecular flexibility index (Phi) is 4.78. The molecule has 4 rings (SSSR count). The molecule has 0 saturated carbocycles. The van der Waals surface area contributed by atoms with Gasteiger partial charge in [-0.15, -0.1) is 11.3 Å². The Bertz CT molecular complexity index is 876. The monoisotopic (exact) mass is 383 g/mol. The summed E-state index contributed by atoms with van der Waals surface area (Å²) in [6.07, 6.45) is 5.32. The molecule has 1 aliphatic heterocycles. The Morgan fingerprint density at radius 1 is 1.19 bits per heavy atom. The Balaban J connectivity index is 1.35. The molecule has 1 aromatic carbocycles. The van der Waals surface area contributed by atoms with Crippen molar-refractivity contribution in [3.05, 3.63) is 41.4 Å². The van der Waals surface area contributed by atoms with Gasteiger partial charge in [0, 0.05) is 20.0 Å². The van der Waals surface area contributed by atoms with Crippen LogP contribution in [0.4, 0.5) is 0 Å². The predicted octanol–water partition coefficient (Wildman–Crippen LogP) is 2.60. The molecular formula is C20H21N3O3S. The molecule has 0 radical (unpaired) electrons. The van der Waals surface area contributed by atoms with Crippen molar-refractivity contribution in [3.8, 4) is 0 Å². The molecule has 0 bridgehead atoms. The normalized spacial score (nSPS) is 21.7. The molecule has 0 spiro atoms. The molecule has 7 heteroatoms. The maximum atomic E-state index is 12.5. The number of thiazole rings is 1. The highest BCUT2D eigenvalue weighted by molar-refractivity contribution is 7.18. The first-order valence-electron chi connectivity index (χ1n) is 9.13. The van der Waals surface area contributed by atoms with Crippen LogP contribution in [0.15, 0.2) is 36.4 Å². The topological polar surface area (TPSA) is 70.6 Å². The second-order valence-electron chi connectivity index (χ2n) is 7.06. The van der Waals surface area contributed by atoms with Crippen LogP contribution in [0, 0.1) is 11.8 Å². The van der Waals surface area contributed by atoms with E-state index < -0.39 is 0 Å².